The molecule has 4 N–H and O–H groups in total. The minimum atomic E-state index is -0.319. The Hall–Kier alpha value is -2.24. The fourth-order valence-electron chi connectivity index (χ4n) is 3.10. The van der Waals surface area contributed by atoms with Crippen LogP contribution >= 0.6 is 11.6 Å². The molecule has 0 aliphatic carbocycles. The Balaban J connectivity index is 1.54. The third kappa shape index (κ3) is 4.44. The topological polar surface area (TPSA) is 78.6 Å². The number of rotatable bonds is 4. The lowest BCUT2D eigenvalue weighted by Gasteiger charge is -2.32. The number of amides is 1. The van der Waals surface area contributed by atoms with Crippen LogP contribution in [0.15, 0.2) is 42.5 Å². The molecule has 2 aromatic carbocycles. The highest BCUT2D eigenvalue weighted by molar-refractivity contribution is 6.33. The molecular formula is C19H22ClN3O2. The van der Waals surface area contributed by atoms with Crippen LogP contribution in [0, 0.1) is 0 Å². The predicted molar refractivity (Wildman–Crippen MR) is 99.7 cm³/mol. The van der Waals surface area contributed by atoms with Crippen molar-refractivity contribution in [3.63, 3.8) is 0 Å². The second-order valence-electron chi connectivity index (χ2n) is 6.40. The molecule has 2 aromatic rings. The quantitative estimate of drug-likeness (QED) is 0.733. The molecule has 0 aromatic heterocycles. The number of anilines is 1. The maximum atomic E-state index is 12.4. The summed E-state index contributed by atoms with van der Waals surface area (Å²) in [6.45, 7) is 2.78. The molecule has 132 valence electrons. The van der Waals surface area contributed by atoms with E-state index in [1.807, 2.05) is 18.2 Å². The van der Waals surface area contributed by atoms with Gasteiger partial charge in [-0.3, -0.25) is 9.69 Å². The van der Waals surface area contributed by atoms with Crippen LogP contribution in [0.3, 0.4) is 0 Å². The van der Waals surface area contributed by atoms with E-state index in [-0.39, 0.29) is 34.0 Å². The van der Waals surface area contributed by atoms with Gasteiger partial charge in [0.2, 0.25) is 0 Å². The zero-order chi connectivity index (χ0) is 17.8. The lowest BCUT2D eigenvalue weighted by Crippen LogP contribution is -2.44. The minimum Gasteiger partial charge on any atom is -0.507 e. The summed E-state index contributed by atoms with van der Waals surface area (Å²) in [7, 11) is 0. The van der Waals surface area contributed by atoms with Crippen molar-refractivity contribution in [2.75, 3.05) is 18.8 Å². The summed E-state index contributed by atoms with van der Waals surface area (Å²) in [6.07, 6.45) is 1.75. The second-order valence-corrected chi connectivity index (χ2v) is 6.81. The van der Waals surface area contributed by atoms with Crippen LogP contribution in [0.4, 0.5) is 5.69 Å². The number of nitrogen functional groups attached to an aromatic ring is 1. The van der Waals surface area contributed by atoms with Gasteiger partial charge in [0.15, 0.2) is 0 Å². The molecule has 1 fully saturated rings. The molecule has 0 saturated carbocycles. The molecule has 0 unspecified atom stereocenters. The maximum absolute atomic E-state index is 12.4. The summed E-state index contributed by atoms with van der Waals surface area (Å²) in [6, 6.07) is 13.2. The number of benzene rings is 2. The summed E-state index contributed by atoms with van der Waals surface area (Å²) in [5.41, 5.74) is 7.33. The minimum absolute atomic E-state index is 0.0928. The van der Waals surface area contributed by atoms with Gasteiger partial charge in [-0.05, 0) is 24.5 Å². The van der Waals surface area contributed by atoms with Crippen molar-refractivity contribution in [3.05, 3.63) is 58.6 Å². The van der Waals surface area contributed by atoms with E-state index in [4.69, 9.17) is 17.3 Å². The Morgan fingerprint density at radius 3 is 2.60 bits per heavy atom. The van der Waals surface area contributed by atoms with E-state index in [2.05, 4.69) is 22.3 Å². The first kappa shape index (κ1) is 17.6. The molecular weight excluding hydrogens is 338 g/mol. The molecule has 0 radical (unpaired) electrons. The van der Waals surface area contributed by atoms with E-state index in [0.29, 0.717) is 0 Å². The first-order valence-electron chi connectivity index (χ1n) is 8.38. The van der Waals surface area contributed by atoms with E-state index in [1.165, 1.54) is 17.7 Å². The van der Waals surface area contributed by atoms with Crippen LogP contribution in [0.1, 0.15) is 28.8 Å². The van der Waals surface area contributed by atoms with E-state index in [0.717, 1.165) is 32.5 Å². The number of phenolic OH excluding ortho intramolecular Hbond substituents is 1. The highest BCUT2D eigenvalue weighted by Crippen LogP contribution is 2.28. The summed E-state index contributed by atoms with van der Waals surface area (Å²) < 4.78 is 0. The Morgan fingerprint density at radius 2 is 1.92 bits per heavy atom. The third-order valence-corrected chi connectivity index (χ3v) is 4.86. The molecule has 1 heterocycles. The number of nitrogens with zero attached hydrogens (tertiary/aromatic N) is 1. The second kappa shape index (κ2) is 7.76. The first-order valence-corrected chi connectivity index (χ1v) is 8.76. The molecule has 0 bridgehead atoms. The van der Waals surface area contributed by atoms with E-state index in [1.54, 1.807) is 0 Å². The molecule has 1 aliphatic heterocycles. The van der Waals surface area contributed by atoms with Crippen LogP contribution in [0.25, 0.3) is 0 Å². The van der Waals surface area contributed by atoms with Crippen molar-refractivity contribution in [2.24, 2.45) is 0 Å². The van der Waals surface area contributed by atoms with Gasteiger partial charge in [0.1, 0.15) is 5.75 Å². The fraction of sp³-hybridized carbons (Fsp3) is 0.316. The van der Waals surface area contributed by atoms with Crippen LogP contribution in [0.2, 0.25) is 5.02 Å². The van der Waals surface area contributed by atoms with Crippen molar-refractivity contribution in [1.29, 1.82) is 0 Å². The lowest BCUT2D eigenvalue weighted by atomic mass is 10.0. The van der Waals surface area contributed by atoms with E-state index >= 15 is 0 Å². The highest BCUT2D eigenvalue weighted by Gasteiger charge is 2.22. The summed E-state index contributed by atoms with van der Waals surface area (Å²) in [5.74, 6) is -0.471. The number of piperidine rings is 1. The Kier molecular flexibility index (Phi) is 5.46. The molecule has 6 heteroatoms. The number of aromatic hydroxyl groups is 1. The largest absolute Gasteiger partial charge is 0.507 e. The number of likely N-dealkylation sites (tertiary alicyclic amines) is 1. The van der Waals surface area contributed by atoms with Gasteiger partial charge in [0.05, 0.1) is 16.3 Å². The number of hydrogen-bond acceptors (Lipinski definition) is 4. The standard InChI is InChI=1S/C19H22ClN3O2/c20-16-10-15(18(24)11-17(16)21)19(25)22-14-6-8-23(9-7-14)12-13-4-2-1-3-5-13/h1-5,10-11,14,24H,6-9,12,21H2,(H,22,25). The van der Waals surface area contributed by atoms with Crippen LogP contribution in [-0.2, 0) is 6.54 Å². The summed E-state index contributed by atoms with van der Waals surface area (Å²) >= 11 is 5.95. The van der Waals surface area contributed by atoms with Crippen molar-refractivity contribution in [2.45, 2.75) is 25.4 Å². The van der Waals surface area contributed by atoms with Crippen LogP contribution in [-0.4, -0.2) is 35.0 Å². The summed E-state index contributed by atoms with van der Waals surface area (Å²) in [5, 5.41) is 13.2. The van der Waals surface area contributed by atoms with Crippen molar-refractivity contribution < 1.29 is 9.90 Å². The number of hydrogen-bond donors (Lipinski definition) is 3. The third-order valence-electron chi connectivity index (χ3n) is 4.53. The normalized spacial score (nSPS) is 15.9. The maximum Gasteiger partial charge on any atom is 0.255 e. The Bertz CT molecular complexity index is 744. The molecule has 0 atom stereocenters. The number of carbonyl (C=O) groups excluding carboxylic acids is 1. The van der Waals surface area contributed by atoms with Gasteiger partial charge >= 0.3 is 0 Å². The molecule has 1 saturated heterocycles. The van der Waals surface area contributed by atoms with Crippen molar-refractivity contribution in [1.82, 2.24) is 10.2 Å². The number of nitrogens with one attached hydrogen (secondary N) is 1. The van der Waals surface area contributed by atoms with Gasteiger partial charge in [-0.25, -0.2) is 0 Å². The molecule has 1 aliphatic rings. The highest BCUT2D eigenvalue weighted by atomic mass is 35.5. The zero-order valence-corrected chi connectivity index (χ0v) is 14.7. The van der Waals surface area contributed by atoms with Gasteiger partial charge in [0, 0.05) is 31.7 Å². The zero-order valence-electron chi connectivity index (χ0n) is 13.9. The lowest BCUT2D eigenvalue weighted by molar-refractivity contribution is 0.0906. The average molecular weight is 360 g/mol. The predicted octanol–water partition coefficient (Wildman–Crippen LogP) is 3.02. The van der Waals surface area contributed by atoms with Crippen molar-refractivity contribution in [3.8, 4) is 5.75 Å². The monoisotopic (exact) mass is 359 g/mol. The molecule has 3 rings (SSSR count). The number of nitrogens with two attached hydrogens (primary N) is 1. The molecule has 5 nitrogen and oxygen atoms in total. The number of halogens is 1. The average Bonchev–Trinajstić information content (AvgIpc) is 2.60. The summed E-state index contributed by atoms with van der Waals surface area (Å²) in [4.78, 5) is 14.8. The van der Waals surface area contributed by atoms with E-state index < -0.39 is 0 Å². The van der Waals surface area contributed by atoms with Gasteiger partial charge in [0.25, 0.3) is 5.91 Å². The smallest absolute Gasteiger partial charge is 0.255 e. The Labute approximate surface area is 152 Å². The van der Waals surface area contributed by atoms with Gasteiger partial charge in [-0.2, -0.15) is 0 Å². The number of carbonyl (C=O) groups is 1. The number of phenols is 1. The molecule has 0 spiro atoms. The van der Waals surface area contributed by atoms with Crippen LogP contribution in [0.5, 0.6) is 5.75 Å². The van der Waals surface area contributed by atoms with Gasteiger partial charge < -0.3 is 16.2 Å². The van der Waals surface area contributed by atoms with E-state index in [9.17, 15) is 9.90 Å². The Morgan fingerprint density at radius 1 is 1.24 bits per heavy atom. The first-order chi connectivity index (χ1) is 12.0. The van der Waals surface area contributed by atoms with Crippen LogP contribution < -0.4 is 11.1 Å². The molecule has 25 heavy (non-hydrogen) atoms. The van der Waals surface area contributed by atoms with Gasteiger partial charge in [-0.1, -0.05) is 41.9 Å². The SMILES string of the molecule is Nc1cc(O)c(C(=O)NC2CCN(Cc3ccccc3)CC2)cc1Cl. The van der Waals surface area contributed by atoms with Gasteiger partial charge in [-0.15, -0.1) is 0 Å². The molecule has 1 amide bonds. The van der Waals surface area contributed by atoms with Crippen molar-refractivity contribution >= 4 is 23.2 Å². The fourth-order valence-corrected chi connectivity index (χ4v) is 3.26.